The molecule has 1 aromatic carbocycles. The lowest BCUT2D eigenvalue weighted by atomic mass is 10.0. The summed E-state index contributed by atoms with van der Waals surface area (Å²) in [7, 11) is 4.17. The molecule has 1 atom stereocenters. The number of amides is 1. The van der Waals surface area contributed by atoms with Gasteiger partial charge in [0.2, 0.25) is 5.91 Å². The first-order chi connectivity index (χ1) is 14.6. The largest absolute Gasteiger partial charge is 0.338 e. The summed E-state index contributed by atoms with van der Waals surface area (Å²) in [5.74, 6) is 0.0782. The Kier molecular flexibility index (Phi) is 6.45. The first kappa shape index (κ1) is 20.6. The number of rotatable bonds is 6. The van der Waals surface area contributed by atoms with Gasteiger partial charge in [0.25, 0.3) is 0 Å². The van der Waals surface area contributed by atoms with Crippen molar-refractivity contribution < 1.29 is 4.79 Å². The van der Waals surface area contributed by atoms with Crippen molar-refractivity contribution in [2.24, 2.45) is 0 Å². The Balaban J connectivity index is 1.54. The number of benzene rings is 1. The highest BCUT2D eigenvalue weighted by Crippen LogP contribution is 2.28. The monoisotopic (exact) mass is 420 g/mol. The van der Waals surface area contributed by atoms with Gasteiger partial charge in [0.1, 0.15) is 5.69 Å². The van der Waals surface area contributed by atoms with Crippen LogP contribution in [0, 0.1) is 0 Å². The average molecular weight is 421 g/mol. The molecule has 1 aliphatic heterocycles. The predicted molar refractivity (Wildman–Crippen MR) is 123 cm³/mol. The number of thiophene rings is 1. The Morgan fingerprint density at radius 2 is 2.07 bits per heavy atom. The highest BCUT2D eigenvalue weighted by molar-refractivity contribution is 7.13. The second kappa shape index (κ2) is 9.41. The topological polar surface area (TPSA) is 41.4 Å². The molecule has 1 saturated heterocycles. The smallest absolute Gasteiger partial charge is 0.246 e. The zero-order valence-corrected chi connectivity index (χ0v) is 18.4. The maximum absolute atomic E-state index is 12.8. The maximum Gasteiger partial charge on any atom is 0.246 e. The van der Waals surface area contributed by atoms with Crippen molar-refractivity contribution in [3.05, 3.63) is 71.2 Å². The van der Waals surface area contributed by atoms with Crippen molar-refractivity contribution in [2.75, 3.05) is 27.2 Å². The predicted octanol–water partition coefficient (Wildman–Crippen LogP) is 4.23. The number of likely N-dealkylation sites (tertiary alicyclic amines) is 1. The molecule has 0 radical (unpaired) electrons. The van der Waals surface area contributed by atoms with E-state index >= 15 is 0 Å². The zero-order chi connectivity index (χ0) is 20.9. The first-order valence-corrected chi connectivity index (χ1v) is 11.3. The standard InChI is InChI=1S/C24H28N4OS/c1-26(2)21-10-6-14-27(18-21)23(29)13-12-20-17-28(16-19-8-4-3-5-9-19)25-24(20)22-11-7-15-30-22/h3-5,7-9,11-13,15,17,21H,6,10,14,16,18H2,1-2H3/b13-12+. The van der Waals surface area contributed by atoms with Crippen LogP contribution in [0.15, 0.2) is 60.1 Å². The highest BCUT2D eigenvalue weighted by Gasteiger charge is 2.23. The molecule has 1 amide bonds. The normalized spacial score (nSPS) is 17.2. The number of likely N-dealkylation sites (N-methyl/N-ethyl adjacent to an activating group) is 1. The Hall–Kier alpha value is -2.70. The number of hydrogen-bond acceptors (Lipinski definition) is 4. The molecule has 1 aliphatic rings. The van der Waals surface area contributed by atoms with E-state index in [1.807, 2.05) is 46.1 Å². The van der Waals surface area contributed by atoms with Gasteiger partial charge in [-0.25, -0.2) is 0 Å². The number of piperidine rings is 1. The second-order valence-electron chi connectivity index (χ2n) is 7.97. The van der Waals surface area contributed by atoms with E-state index in [1.54, 1.807) is 17.4 Å². The number of carbonyl (C=O) groups is 1. The molecule has 0 bridgehead atoms. The minimum Gasteiger partial charge on any atom is -0.338 e. The maximum atomic E-state index is 12.8. The molecule has 0 aliphatic carbocycles. The molecule has 1 unspecified atom stereocenters. The van der Waals surface area contributed by atoms with Crippen molar-refractivity contribution in [3.8, 4) is 10.6 Å². The van der Waals surface area contributed by atoms with Crippen molar-refractivity contribution >= 4 is 23.3 Å². The van der Waals surface area contributed by atoms with Crippen molar-refractivity contribution in [3.63, 3.8) is 0 Å². The SMILES string of the molecule is CN(C)C1CCCN(C(=O)/C=C/c2cn(Cc3ccccc3)nc2-c2cccs2)C1. The van der Waals surface area contributed by atoms with Crippen LogP contribution in [-0.2, 0) is 11.3 Å². The fourth-order valence-corrected chi connectivity index (χ4v) is 4.59. The summed E-state index contributed by atoms with van der Waals surface area (Å²) < 4.78 is 1.96. The van der Waals surface area contributed by atoms with Crippen LogP contribution in [0.2, 0.25) is 0 Å². The number of nitrogens with zero attached hydrogens (tertiary/aromatic N) is 4. The molecular weight excluding hydrogens is 392 g/mol. The quantitative estimate of drug-likeness (QED) is 0.561. The Morgan fingerprint density at radius 3 is 2.80 bits per heavy atom. The van der Waals surface area contributed by atoms with Gasteiger partial charge >= 0.3 is 0 Å². The van der Waals surface area contributed by atoms with Crippen molar-refractivity contribution in [2.45, 2.75) is 25.4 Å². The van der Waals surface area contributed by atoms with Crippen LogP contribution in [0.1, 0.15) is 24.0 Å². The lowest BCUT2D eigenvalue weighted by molar-refractivity contribution is -0.127. The molecule has 2 aromatic heterocycles. The molecule has 3 aromatic rings. The van der Waals surface area contributed by atoms with Crippen LogP contribution in [-0.4, -0.2) is 58.7 Å². The number of carbonyl (C=O) groups excluding carboxylic acids is 1. The summed E-state index contributed by atoms with van der Waals surface area (Å²) >= 11 is 1.67. The molecule has 156 valence electrons. The van der Waals surface area contributed by atoms with E-state index in [1.165, 1.54) is 5.56 Å². The first-order valence-electron chi connectivity index (χ1n) is 10.4. The molecule has 30 heavy (non-hydrogen) atoms. The van der Waals surface area contributed by atoms with Gasteiger partial charge in [0, 0.05) is 37.0 Å². The van der Waals surface area contributed by atoms with Crippen molar-refractivity contribution in [1.82, 2.24) is 19.6 Å². The van der Waals surface area contributed by atoms with Gasteiger partial charge in [0.15, 0.2) is 0 Å². The summed E-state index contributed by atoms with van der Waals surface area (Å²) in [4.78, 5) is 18.1. The van der Waals surface area contributed by atoms with Crippen molar-refractivity contribution in [1.29, 1.82) is 0 Å². The van der Waals surface area contributed by atoms with Crippen LogP contribution >= 0.6 is 11.3 Å². The van der Waals surface area contributed by atoms with Gasteiger partial charge in [-0.05, 0) is 50.0 Å². The van der Waals surface area contributed by atoms with E-state index in [-0.39, 0.29) is 5.91 Å². The van der Waals surface area contributed by atoms with Gasteiger partial charge in [-0.15, -0.1) is 11.3 Å². The van der Waals surface area contributed by atoms with E-state index < -0.39 is 0 Å². The van der Waals surface area contributed by atoms with Crippen LogP contribution < -0.4 is 0 Å². The Labute approximate surface area is 182 Å². The van der Waals surface area contributed by atoms with Crippen LogP contribution in [0.5, 0.6) is 0 Å². The average Bonchev–Trinajstić information content (AvgIpc) is 3.42. The van der Waals surface area contributed by atoms with Gasteiger partial charge in [-0.1, -0.05) is 36.4 Å². The third-order valence-corrected chi connectivity index (χ3v) is 6.45. The van der Waals surface area contributed by atoms with E-state index in [4.69, 9.17) is 5.10 Å². The Morgan fingerprint density at radius 1 is 1.23 bits per heavy atom. The van der Waals surface area contributed by atoms with E-state index in [0.29, 0.717) is 12.6 Å². The number of hydrogen-bond donors (Lipinski definition) is 0. The molecule has 3 heterocycles. The molecule has 0 spiro atoms. The summed E-state index contributed by atoms with van der Waals surface area (Å²) in [5, 5.41) is 6.87. The van der Waals surface area contributed by atoms with Crippen LogP contribution in [0.25, 0.3) is 16.6 Å². The van der Waals surface area contributed by atoms with E-state index in [2.05, 4.69) is 42.6 Å². The Bertz CT molecular complexity index is 992. The van der Waals surface area contributed by atoms with Gasteiger partial charge in [0.05, 0.1) is 11.4 Å². The zero-order valence-electron chi connectivity index (χ0n) is 17.6. The summed E-state index contributed by atoms with van der Waals surface area (Å²) in [6.07, 6.45) is 7.86. The minimum atomic E-state index is 0.0782. The molecule has 5 nitrogen and oxygen atoms in total. The molecule has 0 saturated carbocycles. The molecule has 4 rings (SSSR count). The fraction of sp³-hybridized carbons (Fsp3) is 0.333. The highest BCUT2D eigenvalue weighted by atomic mass is 32.1. The molecular formula is C24H28N4OS. The summed E-state index contributed by atoms with van der Waals surface area (Å²) in [6, 6.07) is 14.8. The second-order valence-corrected chi connectivity index (χ2v) is 8.92. The van der Waals surface area contributed by atoms with Gasteiger partial charge < -0.3 is 9.80 Å². The van der Waals surface area contributed by atoms with Gasteiger partial charge in [-0.3, -0.25) is 9.48 Å². The lowest BCUT2D eigenvalue weighted by Crippen LogP contribution is -2.47. The summed E-state index contributed by atoms with van der Waals surface area (Å²) in [6.45, 7) is 2.33. The summed E-state index contributed by atoms with van der Waals surface area (Å²) in [5.41, 5.74) is 3.10. The van der Waals surface area contributed by atoms with Crippen LogP contribution in [0.3, 0.4) is 0 Å². The third-order valence-electron chi connectivity index (χ3n) is 5.58. The fourth-order valence-electron chi connectivity index (χ4n) is 3.86. The minimum absolute atomic E-state index is 0.0782. The van der Waals surface area contributed by atoms with Gasteiger partial charge in [-0.2, -0.15) is 5.10 Å². The molecule has 1 fully saturated rings. The molecule has 6 heteroatoms. The molecule has 0 N–H and O–H groups in total. The number of aromatic nitrogens is 2. The lowest BCUT2D eigenvalue weighted by Gasteiger charge is -2.35. The van der Waals surface area contributed by atoms with Crippen LogP contribution in [0.4, 0.5) is 0 Å². The third kappa shape index (κ3) is 4.89. The van der Waals surface area contributed by atoms with E-state index in [9.17, 15) is 4.79 Å². The van der Waals surface area contributed by atoms with E-state index in [0.717, 1.165) is 42.1 Å².